The Morgan fingerprint density at radius 2 is 1.78 bits per heavy atom. The number of hydrogen-bond acceptors (Lipinski definition) is 4. The lowest BCUT2D eigenvalue weighted by molar-refractivity contribution is -0.113. The monoisotopic (exact) mass is 423 g/mol. The first-order valence-corrected chi connectivity index (χ1v) is 10.7. The average Bonchev–Trinajstić information content (AvgIpc) is 2.68. The van der Waals surface area contributed by atoms with Crippen LogP contribution in [0.5, 0.6) is 0 Å². The molecule has 0 unspecified atom stereocenters. The molecule has 0 atom stereocenters. The number of carbonyl (C=O) groups is 1. The van der Waals surface area contributed by atoms with Crippen molar-refractivity contribution in [3.63, 3.8) is 0 Å². The minimum Gasteiger partial charge on any atom is -0.366 e. The zero-order valence-electron chi connectivity index (χ0n) is 15.3. The SMILES string of the molecule is CCN1CCN(c2c(Cl)cccc2NC(=O)CSc2ccc(Cl)cc2)CC1. The van der Waals surface area contributed by atoms with Crippen LogP contribution in [0.1, 0.15) is 6.92 Å². The Kier molecular flexibility index (Phi) is 7.30. The standard InChI is InChI=1S/C20H23Cl2N3OS/c1-2-24-10-12-25(13-11-24)20-17(22)4-3-5-18(20)23-19(26)14-27-16-8-6-15(21)7-9-16/h3-9H,2,10-14H2,1H3,(H,23,26). The highest BCUT2D eigenvalue weighted by molar-refractivity contribution is 8.00. The summed E-state index contributed by atoms with van der Waals surface area (Å²) in [5, 5.41) is 4.39. The summed E-state index contributed by atoms with van der Waals surface area (Å²) in [6.45, 7) is 7.04. The van der Waals surface area contributed by atoms with E-state index in [1.807, 2.05) is 42.5 Å². The van der Waals surface area contributed by atoms with Crippen LogP contribution in [0.3, 0.4) is 0 Å². The van der Waals surface area contributed by atoms with Crippen LogP contribution in [0, 0.1) is 0 Å². The summed E-state index contributed by atoms with van der Waals surface area (Å²) in [4.78, 5) is 18.2. The predicted molar refractivity (Wildman–Crippen MR) is 117 cm³/mol. The number of thioether (sulfide) groups is 1. The Morgan fingerprint density at radius 1 is 1.07 bits per heavy atom. The van der Waals surface area contributed by atoms with Crippen molar-refractivity contribution in [1.29, 1.82) is 0 Å². The van der Waals surface area contributed by atoms with Gasteiger partial charge >= 0.3 is 0 Å². The van der Waals surface area contributed by atoms with Crippen LogP contribution < -0.4 is 10.2 Å². The molecule has 1 aliphatic heterocycles. The summed E-state index contributed by atoms with van der Waals surface area (Å²) in [6.07, 6.45) is 0. The average molecular weight is 424 g/mol. The molecule has 144 valence electrons. The van der Waals surface area contributed by atoms with E-state index in [0.29, 0.717) is 15.8 Å². The third-order valence-corrected chi connectivity index (χ3v) is 6.15. The predicted octanol–water partition coefficient (Wildman–Crippen LogP) is 4.87. The lowest BCUT2D eigenvalue weighted by atomic mass is 10.2. The number of piperazine rings is 1. The first-order valence-electron chi connectivity index (χ1n) is 9.01. The lowest BCUT2D eigenvalue weighted by Gasteiger charge is -2.36. The van der Waals surface area contributed by atoms with E-state index in [1.165, 1.54) is 11.8 Å². The molecule has 1 heterocycles. The van der Waals surface area contributed by atoms with Crippen molar-refractivity contribution in [3.05, 3.63) is 52.5 Å². The Balaban J connectivity index is 1.65. The maximum absolute atomic E-state index is 12.5. The number of benzene rings is 2. The van der Waals surface area contributed by atoms with E-state index in [0.717, 1.165) is 49.0 Å². The highest BCUT2D eigenvalue weighted by Gasteiger charge is 2.21. The molecule has 2 aromatic rings. The summed E-state index contributed by atoms with van der Waals surface area (Å²) in [5.74, 6) is 0.280. The third kappa shape index (κ3) is 5.55. The van der Waals surface area contributed by atoms with Gasteiger partial charge in [0.05, 0.1) is 22.2 Å². The highest BCUT2D eigenvalue weighted by Crippen LogP contribution is 2.34. The van der Waals surface area contributed by atoms with Crippen molar-refractivity contribution in [2.45, 2.75) is 11.8 Å². The number of halogens is 2. The fourth-order valence-electron chi connectivity index (χ4n) is 3.09. The molecule has 3 rings (SSSR count). The molecule has 7 heteroatoms. The van der Waals surface area contributed by atoms with Crippen LogP contribution in [0.15, 0.2) is 47.4 Å². The molecule has 1 aliphatic rings. The van der Waals surface area contributed by atoms with Crippen LogP contribution in [-0.2, 0) is 4.79 Å². The van der Waals surface area contributed by atoms with Gasteiger partial charge in [0.1, 0.15) is 0 Å². The van der Waals surface area contributed by atoms with Crippen molar-refractivity contribution < 1.29 is 4.79 Å². The van der Waals surface area contributed by atoms with Crippen LogP contribution in [0.25, 0.3) is 0 Å². The summed E-state index contributed by atoms with van der Waals surface area (Å²) < 4.78 is 0. The van der Waals surface area contributed by atoms with Gasteiger partial charge in [0.2, 0.25) is 5.91 Å². The van der Waals surface area contributed by atoms with Gasteiger partial charge in [0, 0.05) is 36.1 Å². The van der Waals surface area contributed by atoms with Crippen molar-refractivity contribution in [3.8, 4) is 0 Å². The number of nitrogens with zero attached hydrogens (tertiary/aromatic N) is 2. The molecule has 0 aromatic heterocycles. The Labute approximate surface area is 174 Å². The van der Waals surface area contributed by atoms with Gasteiger partial charge in [-0.05, 0) is 42.9 Å². The van der Waals surface area contributed by atoms with Crippen molar-refractivity contribution in [2.24, 2.45) is 0 Å². The van der Waals surface area contributed by atoms with E-state index in [9.17, 15) is 4.79 Å². The summed E-state index contributed by atoms with van der Waals surface area (Å²) >= 11 is 13.9. The number of likely N-dealkylation sites (N-methyl/N-ethyl adjacent to an activating group) is 1. The molecule has 0 radical (unpaired) electrons. The molecular weight excluding hydrogens is 401 g/mol. The van der Waals surface area contributed by atoms with Gasteiger partial charge in [-0.15, -0.1) is 11.8 Å². The zero-order chi connectivity index (χ0) is 19.2. The van der Waals surface area contributed by atoms with E-state index < -0.39 is 0 Å². The maximum atomic E-state index is 12.5. The Hall–Kier alpha value is -1.40. The fraction of sp³-hybridized carbons (Fsp3) is 0.350. The third-order valence-electron chi connectivity index (χ3n) is 4.58. The van der Waals surface area contributed by atoms with Gasteiger partial charge in [0.15, 0.2) is 0 Å². The van der Waals surface area contributed by atoms with Gasteiger partial charge in [-0.25, -0.2) is 0 Å². The molecule has 1 amide bonds. The molecule has 0 aliphatic carbocycles. The van der Waals surface area contributed by atoms with Crippen molar-refractivity contribution >= 4 is 52.2 Å². The number of para-hydroxylation sites is 1. The molecule has 0 bridgehead atoms. The number of nitrogens with one attached hydrogen (secondary N) is 1. The summed E-state index contributed by atoms with van der Waals surface area (Å²) in [7, 11) is 0. The number of carbonyl (C=O) groups excluding carboxylic acids is 1. The number of rotatable bonds is 6. The second-order valence-electron chi connectivity index (χ2n) is 6.35. The minimum atomic E-state index is -0.0503. The quantitative estimate of drug-likeness (QED) is 0.672. The van der Waals surface area contributed by atoms with Gasteiger partial charge < -0.3 is 15.1 Å². The lowest BCUT2D eigenvalue weighted by Crippen LogP contribution is -2.46. The van der Waals surface area contributed by atoms with E-state index >= 15 is 0 Å². The molecule has 4 nitrogen and oxygen atoms in total. The second-order valence-corrected chi connectivity index (χ2v) is 8.24. The topological polar surface area (TPSA) is 35.6 Å². The van der Waals surface area contributed by atoms with Gasteiger partial charge in [-0.1, -0.05) is 36.2 Å². The molecule has 1 saturated heterocycles. The molecular formula is C20H23Cl2N3OS. The summed E-state index contributed by atoms with van der Waals surface area (Å²) in [5.41, 5.74) is 1.69. The van der Waals surface area contributed by atoms with Gasteiger partial charge in [-0.3, -0.25) is 4.79 Å². The zero-order valence-corrected chi connectivity index (χ0v) is 17.6. The van der Waals surface area contributed by atoms with E-state index in [1.54, 1.807) is 0 Å². The Bertz CT molecular complexity index is 777. The van der Waals surface area contributed by atoms with E-state index in [4.69, 9.17) is 23.2 Å². The maximum Gasteiger partial charge on any atom is 0.234 e. The number of hydrogen-bond donors (Lipinski definition) is 1. The summed E-state index contributed by atoms with van der Waals surface area (Å²) in [6, 6.07) is 13.1. The van der Waals surface area contributed by atoms with Crippen LogP contribution in [-0.4, -0.2) is 49.3 Å². The first kappa shape index (κ1) is 20.3. The largest absolute Gasteiger partial charge is 0.366 e. The number of amides is 1. The second kappa shape index (κ2) is 9.69. The Morgan fingerprint density at radius 3 is 2.44 bits per heavy atom. The highest BCUT2D eigenvalue weighted by atomic mass is 35.5. The van der Waals surface area contributed by atoms with E-state index in [2.05, 4.69) is 22.0 Å². The van der Waals surface area contributed by atoms with Crippen molar-refractivity contribution in [2.75, 3.05) is 48.7 Å². The molecule has 2 aromatic carbocycles. The van der Waals surface area contributed by atoms with Crippen LogP contribution >= 0.6 is 35.0 Å². The van der Waals surface area contributed by atoms with Crippen molar-refractivity contribution in [1.82, 2.24) is 4.90 Å². The molecule has 0 saturated carbocycles. The molecule has 1 N–H and O–H groups in total. The molecule has 1 fully saturated rings. The number of anilines is 2. The van der Waals surface area contributed by atoms with Crippen LogP contribution in [0.4, 0.5) is 11.4 Å². The smallest absolute Gasteiger partial charge is 0.234 e. The van der Waals surface area contributed by atoms with Crippen LogP contribution in [0.2, 0.25) is 10.0 Å². The van der Waals surface area contributed by atoms with E-state index in [-0.39, 0.29) is 5.91 Å². The van der Waals surface area contributed by atoms with Gasteiger partial charge in [0.25, 0.3) is 0 Å². The molecule has 0 spiro atoms. The normalized spacial score (nSPS) is 15.0. The fourth-order valence-corrected chi connectivity index (χ4v) is 4.21. The van der Waals surface area contributed by atoms with Gasteiger partial charge in [-0.2, -0.15) is 0 Å². The minimum absolute atomic E-state index is 0.0503. The first-order chi connectivity index (χ1) is 13.1. The molecule has 27 heavy (non-hydrogen) atoms.